The number of hydrogen-bond acceptors (Lipinski definition) is 4. The van der Waals surface area contributed by atoms with Crippen LogP contribution in [-0.4, -0.2) is 19.9 Å². The van der Waals surface area contributed by atoms with Crippen molar-refractivity contribution in [2.24, 2.45) is 11.7 Å². The maximum atomic E-state index is 5.86. The fourth-order valence-corrected chi connectivity index (χ4v) is 2.73. The normalized spacial score (nSPS) is 19.0. The van der Waals surface area contributed by atoms with Gasteiger partial charge in [-0.2, -0.15) is 0 Å². The monoisotopic (exact) mass is 312 g/mol. The van der Waals surface area contributed by atoms with E-state index in [-0.39, 0.29) is 6.04 Å². The minimum Gasteiger partial charge on any atom is -0.454 e. The maximum Gasteiger partial charge on any atom is 0.231 e. The molecule has 0 spiro atoms. The van der Waals surface area contributed by atoms with E-state index in [0.29, 0.717) is 13.3 Å². The largest absolute Gasteiger partial charge is 0.454 e. The number of ether oxygens (including phenoxy) is 2. The molecule has 1 aromatic carbocycles. The Balaban J connectivity index is 1.78. The zero-order valence-electron chi connectivity index (χ0n) is 10.1. The Morgan fingerprint density at radius 2 is 2.22 bits per heavy atom. The molecule has 1 fully saturated rings. The summed E-state index contributed by atoms with van der Waals surface area (Å²) in [5.41, 5.74) is 7.00. The highest BCUT2D eigenvalue weighted by Crippen LogP contribution is 2.41. The van der Waals surface area contributed by atoms with Gasteiger partial charge < -0.3 is 20.5 Å². The molecule has 1 aromatic rings. The maximum absolute atomic E-state index is 5.86. The van der Waals surface area contributed by atoms with Gasteiger partial charge in [-0.3, -0.25) is 0 Å². The summed E-state index contributed by atoms with van der Waals surface area (Å²) in [6.07, 6.45) is 2.68. The van der Waals surface area contributed by atoms with Crippen molar-refractivity contribution in [3.63, 3.8) is 0 Å². The molecule has 4 nitrogen and oxygen atoms in total. The van der Waals surface area contributed by atoms with E-state index in [1.165, 1.54) is 12.8 Å². The second-order valence-corrected chi connectivity index (χ2v) is 5.73. The lowest BCUT2D eigenvalue weighted by Gasteiger charge is -2.18. The molecule has 0 radical (unpaired) electrons. The summed E-state index contributed by atoms with van der Waals surface area (Å²) in [5.74, 6) is 2.43. The average molecular weight is 313 g/mol. The molecule has 1 heterocycles. The van der Waals surface area contributed by atoms with Crippen LogP contribution in [0.15, 0.2) is 16.6 Å². The van der Waals surface area contributed by atoms with Crippen LogP contribution in [0.2, 0.25) is 0 Å². The first-order chi connectivity index (χ1) is 8.78. The fourth-order valence-electron chi connectivity index (χ4n) is 2.16. The quantitative estimate of drug-likeness (QED) is 0.875. The van der Waals surface area contributed by atoms with Gasteiger partial charge in [0, 0.05) is 12.6 Å². The van der Waals surface area contributed by atoms with E-state index in [1.807, 2.05) is 6.07 Å². The summed E-state index contributed by atoms with van der Waals surface area (Å²) >= 11 is 3.51. The molecule has 0 amide bonds. The van der Waals surface area contributed by atoms with Gasteiger partial charge in [0.1, 0.15) is 0 Å². The Morgan fingerprint density at radius 1 is 1.39 bits per heavy atom. The molecular weight excluding hydrogens is 296 g/mol. The number of halogens is 1. The lowest BCUT2D eigenvalue weighted by atomic mass is 10.1. The fraction of sp³-hybridized carbons (Fsp3) is 0.538. The van der Waals surface area contributed by atoms with Crippen molar-refractivity contribution >= 4 is 15.9 Å². The molecule has 18 heavy (non-hydrogen) atoms. The molecule has 0 aromatic heterocycles. The van der Waals surface area contributed by atoms with Crippen molar-refractivity contribution in [3.8, 4) is 11.5 Å². The Bertz CT molecular complexity index is 449. The van der Waals surface area contributed by atoms with Crippen LogP contribution in [0, 0.1) is 5.92 Å². The highest BCUT2D eigenvalue weighted by atomic mass is 79.9. The van der Waals surface area contributed by atoms with Gasteiger partial charge in [0.05, 0.1) is 4.47 Å². The summed E-state index contributed by atoms with van der Waals surface area (Å²) < 4.78 is 11.7. The number of rotatable bonds is 5. The first-order valence-electron chi connectivity index (χ1n) is 6.30. The van der Waals surface area contributed by atoms with Crippen LogP contribution in [0.3, 0.4) is 0 Å². The topological polar surface area (TPSA) is 56.5 Å². The Labute approximate surface area is 115 Å². The van der Waals surface area contributed by atoms with Crippen LogP contribution in [0.5, 0.6) is 11.5 Å². The van der Waals surface area contributed by atoms with E-state index in [1.54, 1.807) is 0 Å². The molecular formula is C13H17BrN2O2. The molecule has 2 aliphatic rings. The molecule has 1 aliphatic heterocycles. The molecule has 1 atom stereocenters. The van der Waals surface area contributed by atoms with E-state index in [4.69, 9.17) is 15.2 Å². The highest BCUT2D eigenvalue weighted by molar-refractivity contribution is 9.10. The summed E-state index contributed by atoms with van der Waals surface area (Å²) in [5, 5.41) is 3.52. The Morgan fingerprint density at radius 3 is 2.94 bits per heavy atom. The SMILES string of the molecule is NCC(NCC1CC1)c1cc(Br)c2c(c1)OCO2. The van der Waals surface area contributed by atoms with Gasteiger partial charge in [-0.05, 0) is 58.9 Å². The zero-order chi connectivity index (χ0) is 12.5. The number of nitrogens with one attached hydrogen (secondary N) is 1. The minimum atomic E-state index is 0.177. The Hall–Kier alpha value is -0.780. The van der Waals surface area contributed by atoms with Crippen LogP contribution in [0.25, 0.3) is 0 Å². The van der Waals surface area contributed by atoms with Crippen LogP contribution in [0.1, 0.15) is 24.4 Å². The van der Waals surface area contributed by atoms with Gasteiger partial charge in [0.25, 0.3) is 0 Å². The first-order valence-corrected chi connectivity index (χ1v) is 7.09. The molecule has 0 bridgehead atoms. The van der Waals surface area contributed by atoms with E-state index >= 15 is 0 Å². The van der Waals surface area contributed by atoms with E-state index in [2.05, 4.69) is 27.3 Å². The third-order valence-corrected chi connectivity index (χ3v) is 4.03. The predicted molar refractivity (Wildman–Crippen MR) is 72.8 cm³/mol. The standard InChI is InChI=1S/C13H17BrN2O2/c14-10-3-9(4-12-13(10)18-7-17-12)11(5-15)16-6-8-1-2-8/h3-4,8,11,16H,1-2,5-7,15H2. The van der Waals surface area contributed by atoms with Crippen molar-refractivity contribution < 1.29 is 9.47 Å². The molecule has 1 saturated carbocycles. The molecule has 3 rings (SSSR count). The second kappa shape index (κ2) is 5.07. The van der Waals surface area contributed by atoms with Crippen LogP contribution >= 0.6 is 15.9 Å². The van der Waals surface area contributed by atoms with Gasteiger partial charge in [0.2, 0.25) is 6.79 Å². The third-order valence-electron chi connectivity index (χ3n) is 3.44. The average Bonchev–Trinajstić information content (AvgIpc) is 3.06. The summed E-state index contributed by atoms with van der Waals surface area (Å²) in [6.45, 7) is 1.92. The third kappa shape index (κ3) is 2.48. The van der Waals surface area contributed by atoms with Gasteiger partial charge in [-0.25, -0.2) is 0 Å². The smallest absolute Gasteiger partial charge is 0.231 e. The number of nitrogens with two attached hydrogens (primary N) is 1. The second-order valence-electron chi connectivity index (χ2n) is 4.88. The van der Waals surface area contributed by atoms with Crippen molar-refractivity contribution in [1.29, 1.82) is 0 Å². The molecule has 98 valence electrons. The zero-order valence-corrected chi connectivity index (χ0v) is 11.7. The van der Waals surface area contributed by atoms with Crippen LogP contribution in [-0.2, 0) is 0 Å². The van der Waals surface area contributed by atoms with Crippen molar-refractivity contribution in [2.75, 3.05) is 19.9 Å². The highest BCUT2D eigenvalue weighted by Gasteiger charge is 2.24. The van der Waals surface area contributed by atoms with Crippen molar-refractivity contribution in [2.45, 2.75) is 18.9 Å². The molecule has 1 unspecified atom stereocenters. The number of fused-ring (bicyclic) bond motifs is 1. The van der Waals surface area contributed by atoms with Gasteiger partial charge >= 0.3 is 0 Å². The first kappa shape index (κ1) is 12.3. The summed E-state index contributed by atoms with van der Waals surface area (Å²) in [6, 6.07) is 4.26. The van der Waals surface area contributed by atoms with Gasteiger partial charge in [-0.15, -0.1) is 0 Å². The minimum absolute atomic E-state index is 0.177. The van der Waals surface area contributed by atoms with Gasteiger partial charge in [0.15, 0.2) is 11.5 Å². The number of benzene rings is 1. The van der Waals surface area contributed by atoms with E-state index in [0.717, 1.165) is 34.0 Å². The van der Waals surface area contributed by atoms with Gasteiger partial charge in [-0.1, -0.05) is 0 Å². The molecule has 3 N–H and O–H groups in total. The van der Waals surface area contributed by atoms with Crippen molar-refractivity contribution in [3.05, 3.63) is 22.2 Å². The van der Waals surface area contributed by atoms with Crippen LogP contribution in [0.4, 0.5) is 0 Å². The molecule has 1 aliphatic carbocycles. The lowest BCUT2D eigenvalue weighted by Crippen LogP contribution is -2.29. The molecule has 0 saturated heterocycles. The van der Waals surface area contributed by atoms with Crippen molar-refractivity contribution in [1.82, 2.24) is 5.32 Å². The summed E-state index contributed by atoms with van der Waals surface area (Å²) in [4.78, 5) is 0. The predicted octanol–water partition coefficient (Wildman–Crippen LogP) is 2.18. The van der Waals surface area contributed by atoms with E-state index < -0.39 is 0 Å². The summed E-state index contributed by atoms with van der Waals surface area (Å²) in [7, 11) is 0. The Kier molecular flexibility index (Phi) is 3.46. The lowest BCUT2D eigenvalue weighted by molar-refractivity contribution is 0.173. The van der Waals surface area contributed by atoms with E-state index in [9.17, 15) is 0 Å². The molecule has 5 heteroatoms. The van der Waals surface area contributed by atoms with Crippen LogP contribution < -0.4 is 20.5 Å². The number of hydrogen-bond donors (Lipinski definition) is 2.